The maximum Gasteiger partial charge on any atom is 0.338 e. The summed E-state index contributed by atoms with van der Waals surface area (Å²) >= 11 is 0. The number of aryl methyl sites for hydroxylation is 2. The Hall–Kier alpha value is -3.54. The van der Waals surface area contributed by atoms with Crippen molar-refractivity contribution < 1.29 is 23.9 Å². The van der Waals surface area contributed by atoms with Crippen LogP contribution in [0.25, 0.3) is 0 Å². The number of hydrogen-bond acceptors (Lipinski definition) is 5. The maximum absolute atomic E-state index is 13.3. The molecule has 3 fully saturated rings. The molecule has 0 aromatic heterocycles. The zero-order valence-electron chi connectivity index (χ0n) is 19.1. The Balaban J connectivity index is 1.18. The van der Waals surface area contributed by atoms with Crippen LogP contribution < -0.4 is 4.90 Å². The molecule has 2 saturated carbocycles. The minimum Gasteiger partial charge on any atom is -0.454 e. The summed E-state index contributed by atoms with van der Waals surface area (Å²) in [4.78, 5) is 53.0. The average molecular weight is 456 g/mol. The van der Waals surface area contributed by atoms with Gasteiger partial charge in [0.1, 0.15) is 0 Å². The molecule has 2 amide bonds. The molecule has 0 spiro atoms. The number of Topliss-reactive ketones (excluding diaryl/α,β-unsaturated/α-hetero) is 1. The SMILES string of the molecule is Cc1ccc(C(=O)COC(=O)c2cccc(N3C(=O)C4C5C=CC(C6CC56)C4C3=O)c2)cc1C. The zero-order chi connectivity index (χ0) is 23.7. The van der Waals surface area contributed by atoms with Crippen LogP contribution in [0, 0.1) is 49.4 Å². The highest BCUT2D eigenvalue weighted by Crippen LogP contribution is 2.65. The topological polar surface area (TPSA) is 80.8 Å². The third-order valence-corrected chi connectivity index (χ3v) is 8.17. The summed E-state index contributed by atoms with van der Waals surface area (Å²) in [5.41, 5.74) is 3.14. The fraction of sp³-hybridized carbons (Fsp3) is 0.357. The van der Waals surface area contributed by atoms with E-state index in [4.69, 9.17) is 4.74 Å². The number of carbonyl (C=O) groups excluding carboxylic acids is 4. The van der Waals surface area contributed by atoms with Gasteiger partial charge in [-0.25, -0.2) is 9.69 Å². The molecule has 4 aliphatic carbocycles. The summed E-state index contributed by atoms with van der Waals surface area (Å²) in [6, 6.07) is 11.7. The number of nitrogens with zero attached hydrogens (tertiary/aromatic N) is 1. The van der Waals surface area contributed by atoms with Gasteiger partial charge in [-0.3, -0.25) is 14.4 Å². The van der Waals surface area contributed by atoms with E-state index < -0.39 is 5.97 Å². The average Bonchev–Trinajstić information content (AvgIpc) is 3.62. The molecule has 6 heteroatoms. The number of esters is 1. The number of anilines is 1. The van der Waals surface area contributed by atoms with Crippen molar-refractivity contribution in [3.05, 3.63) is 76.9 Å². The monoisotopic (exact) mass is 455 g/mol. The van der Waals surface area contributed by atoms with E-state index in [1.807, 2.05) is 19.9 Å². The van der Waals surface area contributed by atoms with Gasteiger partial charge < -0.3 is 4.74 Å². The second-order valence-electron chi connectivity index (χ2n) is 10.0. The van der Waals surface area contributed by atoms with Gasteiger partial charge in [0.15, 0.2) is 12.4 Å². The van der Waals surface area contributed by atoms with E-state index in [9.17, 15) is 19.2 Å². The molecule has 5 aliphatic rings. The van der Waals surface area contributed by atoms with Gasteiger partial charge in [-0.1, -0.05) is 30.4 Å². The standard InChI is InChI=1S/C28H25NO5/c1-14-6-7-16(10-15(14)2)23(30)13-34-28(33)17-4-3-5-18(11-17)29-26(31)24-19-8-9-20(22-12-21(19)22)25(24)27(29)32/h3-11,19-22,24-25H,12-13H2,1-2H3. The highest BCUT2D eigenvalue weighted by Gasteiger charge is 2.67. The minimum atomic E-state index is -0.668. The fourth-order valence-electron chi connectivity index (χ4n) is 6.20. The summed E-state index contributed by atoms with van der Waals surface area (Å²) in [6.45, 7) is 3.51. The van der Waals surface area contributed by atoms with Crippen molar-refractivity contribution in [3.63, 3.8) is 0 Å². The number of amides is 2. The molecule has 0 radical (unpaired) electrons. The molecule has 6 nitrogen and oxygen atoms in total. The van der Waals surface area contributed by atoms with Crippen LogP contribution in [0.3, 0.4) is 0 Å². The molecule has 7 rings (SSSR count). The molecule has 2 bridgehead atoms. The Morgan fingerprint density at radius 3 is 2.21 bits per heavy atom. The molecule has 2 aromatic rings. The maximum atomic E-state index is 13.3. The van der Waals surface area contributed by atoms with Crippen LogP contribution in [-0.2, 0) is 14.3 Å². The minimum absolute atomic E-state index is 0.144. The Kier molecular flexibility index (Phi) is 4.63. The van der Waals surface area contributed by atoms with E-state index in [0.29, 0.717) is 23.1 Å². The molecule has 1 aliphatic heterocycles. The number of imide groups is 1. The van der Waals surface area contributed by atoms with Crippen LogP contribution in [0.4, 0.5) is 5.69 Å². The number of hydrogen-bond donors (Lipinski definition) is 0. The third-order valence-electron chi connectivity index (χ3n) is 8.17. The lowest BCUT2D eigenvalue weighted by Gasteiger charge is -2.37. The molecule has 172 valence electrons. The van der Waals surface area contributed by atoms with Crippen molar-refractivity contribution in [2.45, 2.75) is 20.3 Å². The molecule has 6 atom stereocenters. The lowest BCUT2D eigenvalue weighted by Crippen LogP contribution is -2.40. The van der Waals surface area contributed by atoms with Gasteiger partial charge in [-0.15, -0.1) is 0 Å². The van der Waals surface area contributed by atoms with E-state index in [1.54, 1.807) is 30.3 Å². The highest BCUT2D eigenvalue weighted by molar-refractivity contribution is 6.23. The second kappa shape index (κ2) is 7.49. The lowest BCUT2D eigenvalue weighted by atomic mass is 9.63. The predicted octanol–water partition coefficient (Wildman–Crippen LogP) is 3.90. The van der Waals surface area contributed by atoms with E-state index in [2.05, 4.69) is 12.2 Å². The number of ether oxygens (including phenoxy) is 1. The Bertz CT molecular complexity index is 1260. The first-order valence-corrected chi connectivity index (χ1v) is 11.8. The Morgan fingerprint density at radius 2 is 1.56 bits per heavy atom. The summed E-state index contributed by atoms with van der Waals surface area (Å²) in [5, 5.41) is 0. The number of ketones is 1. The van der Waals surface area contributed by atoms with Crippen LogP contribution >= 0.6 is 0 Å². The number of rotatable bonds is 5. The largest absolute Gasteiger partial charge is 0.454 e. The summed E-state index contributed by atoms with van der Waals surface area (Å²) in [6.07, 6.45) is 5.38. The van der Waals surface area contributed by atoms with Gasteiger partial charge >= 0.3 is 5.97 Å². The van der Waals surface area contributed by atoms with Gasteiger partial charge in [-0.05, 0) is 79.3 Å². The molecule has 1 saturated heterocycles. The van der Waals surface area contributed by atoms with Crippen molar-refractivity contribution in [3.8, 4) is 0 Å². The first-order chi connectivity index (χ1) is 16.3. The number of allylic oxidation sites excluding steroid dienone is 2. The number of benzene rings is 2. The smallest absolute Gasteiger partial charge is 0.338 e. The van der Waals surface area contributed by atoms with Gasteiger partial charge in [0, 0.05) is 5.56 Å². The van der Waals surface area contributed by atoms with Gasteiger partial charge in [-0.2, -0.15) is 0 Å². The lowest BCUT2D eigenvalue weighted by molar-refractivity contribution is -0.124. The van der Waals surface area contributed by atoms with Gasteiger partial charge in [0.2, 0.25) is 11.8 Å². The van der Waals surface area contributed by atoms with Crippen LogP contribution in [0.1, 0.15) is 38.3 Å². The van der Waals surface area contributed by atoms with Crippen LogP contribution in [0.2, 0.25) is 0 Å². The summed E-state index contributed by atoms with van der Waals surface area (Å²) < 4.78 is 5.26. The van der Waals surface area contributed by atoms with E-state index in [-0.39, 0.29) is 53.4 Å². The van der Waals surface area contributed by atoms with Crippen molar-refractivity contribution in [2.24, 2.45) is 35.5 Å². The molecule has 34 heavy (non-hydrogen) atoms. The van der Waals surface area contributed by atoms with Crippen LogP contribution in [0.15, 0.2) is 54.6 Å². The predicted molar refractivity (Wildman–Crippen MR) is 124 cm³/mol. The Morgan fingerprint density at radius 1 is 0.882 bits per heavy atom. The number of carbonyl (C=O) groups is 4. The van der Waals surface area contributed by atoms with E-state index in [0.717, 1.165) is 17.5 Å². The van der Waals surface area contributed by atoms with Gasteiger partial charge in [0.05, 0.1) is 23.1 Å². The molecule has 1 heterocycles. The van der Waals surface area contributed by atoms with Crippen LogP contribution in [-0.4, -0.2) is 30.2 Å². The second-order valence-corrected chi connectivity index (χ2v) is 10.0. The van der Waals surface area contributed by atoms with Crippen molar-refractivity contribution in [2.75, 3.05) is 11.5 Å². The zero-order valence-corrected chi connectivity index (χ0v) is 19.1. The summed E-state index contributed by atoms with van der Waals surface area (Å²) in [7, 11) is 0. The van der Waals surface area contributed by atoms with Crippen molar-refractivity contribution in [1.29, 1.82) is 0 Å². The molecule has 0 N–H and O–H groups in total. The first-order valence-electron chi connectivity index (χ1n) is 11.8. The van der Waals surface area contributed by atoms with E-state index >= 15 is 0 Å². The molecular formula is C28H25NO5. The van der Waals surface area contributed by atoms with Crippen molar-refractivity contribution >= 4 is 29.3 Å². The van der Waals surface area contributed by atoms with Crippen molar-refractivity contribution in [1.82, 2.24) is 0 Å². The quantitative estimate of drug-likeness (QED) is 0.296. The normalized spacial score (nSPS) is 30.2. The molecular weight excluding hydrogens is 430 g/mol. The van der Waals surface area contributed by atoms with E-state index in [1.165, 1.54) is 11.0 Å². The Labute approximate surface area is 197 Å². The molecule has 2 aromatic carbocycles. The molecule has 6 unspecified atom stereocenters. The highest BCUT2D eigenvalue weighted by atomic mass is 16.5. The van der Waals surface area contributed by atoms with Gasteiger partial charge in [0.25, 0.3) is 0 Å². The summed E-state index contributed by atoms with van der Waals surface area (Å²) in [5.74, 6) is -0.535. The first kappa shape index (κ1) is 21.0. The fourth-order valence-corrected chi connectivity index (χ4v) is 6.20. The third kappa shape index (κ3) is 3.08. The van der Waals surface area contributed by atoms with Crippen LogP contribution in [0.5, 0.6) is 0 Å².